The summed E-state index contributed by atoms with van der Waals surface area (Å²) < 4.78 is 1.84. The second kappa shape index (κ2) is 7.68. The summed E-state index contributed by atoms with van der Waals surface area (Å²) in [5.74, 6) is -1.38. The lowest BCUT2D eigenvalue weighted by atomic mass is 10.1. The van der Waals surface area contributed by atoms with E-state index in [0.29, 0.717) is 16.3 Å². The molecule has 0 saturated carbocycles. The van der Waals surface area contributed by atoms with E-state index in [1.807, 2.05) is 30.5 Å². The van der Waals surface area contributed by atoms with Crippen LogP contribution in [0, 0.1) is 13.8 Å². The van der Waals surface area contributed by atoms with Gasteiger partial charge in [-0.1, -0.05) is 30.3 Å². The van der Waals surface area contributed by atoms with Gasteiger partial charge in [-0.3, -0.25) is 9.59 Å². The number of carboxylic acids is 1. The highest BCUT2D eigenvalue weighted by Crippen LogP contribution is 2.36. The highest BCUT2D eigenvalue weighted by atomic mass is 32.2. The Bertz CT molecular complexity index is 1210. The standard InChI is InChI=1S/C23H18N2O4S/c1-14-12-16(15(2)24(14)19-11-7-6-10-18(19)22(27)28)13-20-21(26)25(23(29)30-20)17-8-4-3-5-9-17/h3-13H,1-2H3,(H,27,28)/b20-13-. The van der Waals surface area contributed by atoms with Gasteiger partial charge in [0.05, 0.1) is 21.8 Å². The van der Waals surface area contributed by atoms with Gasteiger partial charge in [0.1, 0.15) is 0 Å². The average molecular weight is 418 g/mol. The number of carbonyl (C=O) groups is 3. The minimum absolute atomic E-state index is 0.190. The topological polar surface area (TPSA) is 79.6 Å². The molecule has 1 N–H and O–H groups in total. The van der Waals surface area contributed by atoms with Gasteiger partial charge in [0, 0.05) is 11.4 Å². The summed E-state index contributed by atoms with van der Waals surface area (Å²) in [5, 5.41) is 9.19. The summed E-state index contributed by atoms with van der Waals surface area (Å²) >= 11 is 0.894. The SMILES string of the molecule is Cc1cc(/C=C2\SC(=O)N(c3ccccc3)C2=O)c(C)n1-c1ccccc1C(=O)O. The number of aryl methyl sites for hydroxylation is 1. The molecule has 7 heteroatoms. The van der Waals surface area contributed by atoms with Gasteiger partial charge in [-0.2, -0.15) is 0 Å². The van der Waals surface area contributed by atoms with Crippen molar-refractivity contribution in [1.82, 2.24) is 4.57 Å². The molecule has 1 aliphatic rings. The number of carboxylic acid groups (broad SMARTS) is 1. The van der Waals surface area contributed by atoms with Crippen molar-refractivity contribution >= 4 is 40.6 Å². The van der Waals surface area contributed by atoms with Crippen LogP contribution in [0.3, 0.4) is 0 Å². The van der Waals surface area contributed by atoms with Crippen LogP contribution in [0.4, 0.5) is 10.5 Å². The highest BCUT2D eigenvalue weighted by molar-refractivity contribution is 8.19. The molecular formula is C23H18N2O4S. The third-order valence-electron chi connectivity index (χ3n) is 4.94. The summed E-state index contributed by atoms with van der Waals surface area (Å²) in [5.41, 5.74) is 3.64. The third-order valence-corrected chi connectivity index (χ3v) is 5.81. The van der Waals surface area contributed by atoms with Crippen LogP contribution in [-0.2, 0) is 4.79 Å². The monoisotopic (exact) mass is 418 g/mol. The Balaban J connectivity index is 1.75. The number of rotatable bonds is 4. The third kappa shape index (κ3) is 3.33. The van der Waals surface area contributed by atoms with Crippen molar-refractivity contribution in [3.8, 4) is 5.69 Å². The summed E-state index contributed by atoms with van der Waals surface area (Å²) in [6.45, 7) is 3.73. The van der Waals surface area contributed by atoms with E-state index in [1.54, 1.807) is 54.6 Å². The number of aromatic nitrogens is 1. The van der Waals surface area contributed by atoms with E-state index in [2.05, 4.69) is 0 Å². The van der Waals surface area contributed by atoms with Crippen molar-refractivity contribution in [1.29, 1.82) is 0 Å². The molecule has 150 valence electrons. The van der Waals surface area contributed by atoms with Crippen LogP contribution in [-0.4, -0.2) is 26.8 Å². The molecule has 2 amide bonds. The zero-order valence-corrected chi connectivity index (χ0v) is 17.1. The van der Waals surface area contributed by atoms with E-state index in [1.165, 1.54) is 0 Å². The Kier molecular flexibility index (Phi) is 5.05. The zero-order chi connectivity index (χ0) is 21.4. The van der Waals surface area contributed by atoms with Gasteiger partial charge in [0.25, 0.3) is 11.1 Å². The molecule has 6 nitrogen and oxygen atoms in total. The van der Waals surface area contributed by atoms with Crippen molar-refractivity contribution in [3.63, 3.8) is 0 Å². The first kappa shape index (κ1) is 19.7. The lowest BCUT2D eigenvalue weighted by Crippen LogP contribution is -2.27. The quantitative estimate of drug-likeness (QED) is 0.601. The maximum atomic E-state index is 12.9. The first-order valence-corrected chi connectivity index (χ1v) is 10.0. The second-order valence-corrected chi connectivity index (χ2v) is 7.83. The van der Waals surface area contributed by atoms with E-state index in [-0.39, 0.29) is 16.7 Å². The van der Waals surface area contributed by atoms with Gasteiger partial charge < -0.3 is 9.67 Å². The lowest BCUT2D eigenvalue weighted by molar-refractivity contribution is -0.113. The highest BCUT2D eigenvalue weighted by Gasteiger charge is 2.36. The molecule has 2 aromatic carbocycles. The van der Waals surface area contributed by atoms with Crippen LogP contribution in [0.1, 0.15) is 27.3 Å². The zero-order valence-electron chi connectivity index (χ0n) is 16.3. The van der Waals surface area contributed by atoms with E-state index in [4.69, 9.17) is 0 Å². The molecule has 0 spiro atoms. The van der Waals surface area contributed by atoms with Gasteiger partial charge in [0.2, 0.25) is 0 Å². The number of aromatic carboxylic acids is 1. The van der Waals surface area contributed by atoms with Gasteiger partial charge in [-0.05, 0) is 67.6 Å². The van der Waals surface area contributed by atoms with Crippen molar-refractivity contribution < 1.29 is 19.5 Å². The first-order valence-electron chi connectivity index (χ1n) is 9.23. The van der Waals surface area contributed by atoms with Crippen LogP contribution in [0.15, 0.2) is 65.6 Å². The number of nitrogens with zero attached hydrogens (tertiary/aromatic N) is 2. The van der Waals surface area contributed by atoms with Gasteiger partial charge in [0.15, 0.2) is 0 Å². The second-order valence-electron chi connectivity index (χ2n) is 6.84. The summed E-state index contributed by atoms with van der Waals surface area (Å²) in [6.07, 6.45) is 1.69. The number of imide groups is 1. The number of thioether (sulfide) groups is 1. The van der Waals surface area contributed by atoms with Crippen molar-refractivity contribution in [2.24, 2.45) is 0 Å². The number of carbonyl (C=O) groups excluding carboxylic acids is 2. The molecule has 0 aliphatic carbocycles. The minimum atomic E-state index is -1.01. The molecule has 0 atom stereocenters. The van der Waals surface area contributed by atoms with Gasteiger partial charge >= 0.3 is 5.97 Å². The Morgan fingerprint density at radius 2 is 1.67 bits per heavy atom. The number of benzene rings is 2. The number of amides is 2. The largest absolute Gasteiger partial charge is 0.478 e. The fourth-order valence-electron chi connectivity index (χ4n) is 3.56. The average Bonchev–Trinajstić information content (AvgIpc) is 3.17. The van der Waals surface area contributed by atoms with Crippen LogP contribution in [0.2, 0.25) is 0 Å². The molecule has 4 rings (SSSR count). The van der Waals surface area contributed by atoms with Crippen molar-refractivity contribution in [2.75, 3.05) is 4.90 Å². The van der Waals surface area contributed by atoms with Crippen LogP contribution < -0.4 is 4.90 Å². The fraction of sp³-hybridized carbons (Fsp3) is 0.0870. The van der Waals surface area contributed by atoms with Crippen LogP contribution >= 0.6 is 11.8 Å². The predicted molar refractivity (Wildman–Crippen MR) is 117 cm³/mol. The Morgan fingerprint density at radius 1 is 1.00 bits per heavy atom. The Morgan fingerprint density at radius 3 is 2.37 bits per heavy atom. The fourth-order valence-corrected chi connectivity index (χ4v) is 4.39. The molecule has 1 aliphatic heterocycles. The number of para-hydroxylation sites is 2. The van der Waals surface area contributed by atoms with Crippen LogP contribution in [0.5, 0.6) is 0 Å². The number of hydrogen-bond donors (Lipinski definition) is 1. The molecule has 0 unspecified atom stereocenters. The molecular weight excluding hydrogens is 400 g/mol. The maximum Gasteiger partial charge on any atom is 0.337 e. The first-order chi connectivity index (χ1) is 14.4. The summed E-state index contributed by atoms with van der Waals surface area (Å²) in [7, 11) is 0. The van der Waals surface area contributed by atoms with E-state index >= 15 is 0 Å². The Labute approximate surface area is 177 Å². The molecule has 0 bridgehead atoms. The van der Waals surface area contributed by atoms with Crippen molar-refractivity contribution in [2.45, 2.75) is 13.8 Å². The molecule has 1 fully saturated rings. The van der Waals surface area contributed by atoms with E-state index in [9.17, 15) is 19.5 Å². The molecule has 30 heavy (non-hydrogen) atoms. The summed E-state index contributed by atoms with van der Waals surface area (Å²) in [4.78, 5) is 38.4. The van der Waals surface area contributed by atoms with E-state index < -0.39 is 5.97 Å². The minimum Gasteiger partial charge on any atom is -0.478 e. The lowest BCUT2D eigenvalue weighted by Gasteiger charge is -2.12. The predicted octanol–water partition coefficient (Wildman–Crippen LogP) is 5.03. The molecule has 0 radical (unpaired) electrons. The maximum absolute atomic E-state index is 12.9. The Hall–Kier alpha value is -3.58. The number of hydrogen-bond acceptors (Lipinski definition) is 4. The molecule has 1 aromatic heterocycles. The van der Waals surface area contributed by atoms with Crippen molar-refractivity contribution in [3.05, 3.63) is 88.1 Å². The smallest absolute Gasteiger partial charge is 0.337 e. The molecule has 1 saturated heterocycles. The van der Waals surface area contributed by atoms with Gasteiger partial charge in [-0.15, -0.1) is 0 Å². The van der Waals surface area contributed by atoms with Crippen LogP contribution in [0.25, 0.3) is 11.8 Å². The van der Waals surface area contributed by atoms with Gasteiger partial charge in [-0.25, -0.2) is 9.69 Å². The molecule has 2 heterocycles. The van der Waals surface area contributed by atoms with E-state index in [0.717, 1.165) is 33.6 Å². The normalized spacial score (nSPS) is 15.3. The molecule has 3 aromatic rings. The number of anilines is 1. The summed E-state index contributed by atoms with van der Waals surface area (Å²) in [6, 6.07) is 17.4.